The van der Waals surface area contributed by atoms with Gasteiger partial charge in [0.25, 0.3) is 0 Å². The molecule has 0 unspecified atom stereocenters. The van der Waals surface area contributed by atoms with E-state index in [0.29, 0.717) is 11.1 Å². The predicted octanol–water partition coefficient (Wildman–Crippen LogP) is 6.42. The second kappa shape index (κ2) is 13.4. The van der Waals surface area contributed by atoms with Crippen LogP contribution < -0.4 is 0 Å². The number of halogens is 3. The third-order valence-electron chi connectivity index (χ3n) is 5.34. The minimum atomic E-state index is -4.46. The molecule has 0 heterocycles. The van der Waals surface area contributed by atoms with E-state index in [1.54, 1.807) is 12.1 Å². The molecule has 0 fully saturated rings. The first-order valence-corrected chi connectivity index (χ1v) is 11.5. The molecular weight excluding hydrogens is 443 g/mol. The molecule has 0 aliphatic heterocycles. The molecule has 0 spiro atoms. The number of carbonyl (C=O) groups is 2. The Kier molecular flexibility index (Phi) is 10.7. The molecule has 0 aliphatic carbocycles. The van der Waals surface area contributed by atoms with Gasteiger partial charge in [0, 0.05) is 25.1 Å². The van der Waals surface area contributed by atoms with Gasteiger partial charge in [0.15, 0.2) is 0 Å². The van der Waals surface area contributed by atoms with Crippen LogP contribution in [-0.2, 0) is 28.9 Å². The molecular formula is C27H30F3NO3. The molecule has 0 saturated heterocycles. The number of amides is 1. The van der Waals surface area contributed by atoms with Crippen molar-refractivity contribution >= 4 is 11.9 Å². The van der Waals surface area contributed by atoms with E-state index in [2.05, 4.69) is 18.8 Å². The van der Waals surface area contributed by atoms with Crippen LogP contribution in [0.15, 0.2) is 48.5 Å². The Balaban J connectivity index is 1.97. The summed E-state index contributed by atoms with van der Waals surface area (Å²) in [4.78, 5) is 24.5. The zero-order chi connectivity index (χ0) is 25.0. The van der Waals surface area contributed by atoms with Gasteiger partial charge in [-0.15, -0.1) is 0 Å². The van der Waals surface area contributed by atoms with Crippen LogP contribution in [0.1, 0.15) is 74.1 Å². The lowest BCUT2D eigenvalue weighted by molar-refractivity contribution is -0.156. The Morgan fingerprint density at radius 3 is 1.91 bits per heavy atom. The van der Waals surface area contributed by atoms with E-state index in [4.69, 9.17) is 5.11 Å². The zero-order valence-corrected chi connectivity index (χ0v) is 19.3. The van der Waals surface area contributed by atoms with Gasteiger partial charge in [-0.25, -0.2) is 4.79 Å². The predicted molar refractivity (Wildman–Crippen MR) is 125 cm³/mol. The minimum absolute atomic E-state index is 0.0115. The number of carbonyl (C=O) groups excluding carboxylic acids is 1. The Hall–Kier alpha value is -3.27. The highest BCUT2D eigenvalue weighted by atomic mass is 19.4. The van der Waals surface area contributed by atoms with Crippen molar-refractivity contribution in [2.24, 2.45) is 0 Å². The van der Waals surface area contributed by atoms with Crippen LogP contribution in [-0.4, -0.2) is 21.9 Å². The van der Waals surface area contributed by atoms with E-state index >= 15 is 0 Å². The highest BCUT2D eigenvalue weighted by molar-refractivity contribution is 6.31. The van der Waals surface area contributed by atoms with Gasteiger partial charge in [-0.3, -0.25) is 4.79 Å². The molecule has 0 radical (unpaired) electrons. The number of hydrogen-bond donors (Lipinski definition) is 1. The summed E-state index contributed by atoms with van der Waals surface area (Å²) in [6, 6.07) is 11.5. The third kappa shape index (κ3) is 9.30. The highest BCUT2D eigenvalue weighted by Gasteiger charge is 2.30. The minimum Gasteiger partial charge on any atom is -0.474 e. The Bertz CT molecular complexity index is 987. The first-order valence-electron chi connectivity index (χ1n) is 11.5. The van der Waals surface area contributed by atoms with E-state index in [1.807, 2.05) is 12.1 Å². The molecule has 182 valence electrons. The maximum absolute atomic E-state index is 12.8. The first kappa shape index (κ1) is 27.0. The maximum Gasteiger partial charge on any atom is 0.416 e. The van der Waals surface area contributed by atoms with Crippen molar-refractivity contribution in [2.45, 2.75) is 71.1 Å². The fourth-order valence-electron chi connectivity index (χ4n) is 3.43. The molecule has 7 heteroatoms. The number of rotatable bonds is 10. The smallest absolute Gasteiger partial charge is 0.416 e. The third-order valence-corrected chi connectivity index (χ3v) is 5.34. The normalized spacial score (nSPS) is 10.9. The summed E-state index contributed by atoms with van der Waals surface area (Å²) >= 11 is 0. The molecule has 2 aromatic carbocycles. The summed E-state index contributed by atoms with van der Waals surface area (Å²) in [6.45, 7) is 2.08. The van der Waals surface area contributed by atoms with Crippen LogP contribution in [0, 0.1) is 11.8 Å². The molecule has 4 nitrogen and oxygen atoms in total. The van der Waals surface area contributed by atoms with E-state index in [1.165, 1.54) is 44.2 Å². The first-order chi connectivity index (χ1) is 16.2. The summed E-state index contributed by atoms with van der Waals surface area (Å²) in [6.07, 6.45) is 3.64. The Morgan fingerprint density at radius 2 is 1.38 bits per heavy atom. The maximum atomic E-state index is 12.8. The van der Waals surface area contributed by atoms with Crippen LogP contribution in [0.4, 0.5) is 13.2 Å². The monoisotopic (exact) mass is 473 g/mol. The fourth-order valence-corrected chi connectivity index (χ4v) is 3.43. The van der Waals surface area contributed by atoms with Crippen LogP contribution in [0.2, 0.25) is 0 Å². The average molecular weight is 474 g/mol. The summed E-state index contributed by atoms with van der Waals surface area (Å²) in [5.41, 5.74) is 1.12. The molecule has 1 amide bonds. The second-order valence-electron chi connectivity index (χ2n) is 8.18. The van der Waals surface area contributed by atoms with Crippen LogP contribution >= 0.6 is 0 Å². The lowest BCUT2D eigenvalue weighted by Crippen LogP contribution is -2.35. The van der Waals surface area contributed by atoms with E-state index in [0.717, 1.165) is 35.4 Å². The summed E-state index contributed by atoms with van der Waals surface area (Å²) in [5, 5.41) is 9.15. The van der Waals surface area contributed by atoms with Crippen molar-refractivity contribution in [3.05, 3.63) is 70.8 Å². The number of carboxylic acids is 1. The largest absolute Gasteiger partial charge is 0.474 e. The van der Waals surface area contributed by atoms with Crippen molar-refractivity contribution < 1.29 is 27.9 Å². The Morgan fingerprint density at radius 1 is 0.853 bits per heavy atom. The summed E-state index contributed by atoms with van der Waals surface area (Å²) in [5.74, 6) is 3.53. The number of nitrogens with zero attached hydrogens (tertiary/aromatic N) is 1. The van der Waals surface area contributed by atoms with Crippen LogP contribution in [0.25, 0.3) is 0 Å². The van der Waals surface area contributed by atoms with Gasteiger partial charge in [-0.1, -0.05) is 75.1 Å². The van der Waals surface area contributed by atoms with Gasteiger partial charge < -0.3 is 10.0 Å². The number of aliphatic carboxylic acids is 1. The van der Waals surface area contributed by atoms with E-state index < -0.39 is 23.6 Å². The van der Waals surface area contributed by atoms with Crippen molar-refractivity contribution in [2.75, 3.05) is 0 Å². The van der Waals surface area contributed by atoms with Gasteiger partial charge in [0.05, 0.1) is 5.56 Å². The molecule has 0 aliphatic rings. The van der Waals surface area contributed by atoms with Crippen molar-refractivity contribution in [1.82, 2.24) is 4.90 Å². The average Bonchev–Trinajstić information content (AvgIpc) is 2.80. The molecule has 34 heavy (non-hydrogen) atoms. The van der Waals surface area contributed by atoms with Gasteiger partial charge in [0.2, 0.25) is 0 Å². The highest BCUT2D eigenvalue weighted by Crippen LogP contribution is 2.29. The molecule has 2 rings (SSSR count). The summed E-state index contributed by atoms with van der Waals surface area (Å²) < 4.78 is 38.3. The lowest BCUT2D eigenvalue weighted by atomic mass is 10.1. The van der Waals surface area contributed by atoms with Gasteiger partial charge in [0.1, 0.15) is 0 Å². The van der Waals surface area contributed by atoms with Gasteiger partial charge in [-0.2, -0.15) is 13.2 Å². The lowest BCUT2D eigenvalue weighted by Gasteiger charge is -2.21. The van der Waals surface area contributed by atoms with Crippen molar-refractivity contribution in [3.8, 4) is 11.8 Å². The second-order valence-corrected chi connectivity index (χ2v) is 8.18. The van der Waals surface area contributed by atoms with Crippen molar-refractivity contribution in [1.29, 1.82) is 0 Å². The van der Waals surface area contributed by atoms with Gasteiger partial charge in [-0.05, 0) is 41.8 Å². The molecule has 0 bridgehead atoms. The van der Waals surface area contributed by atoms with Crippen LogP contribution in [0.3, 0.4) is 0 Å². The molecule has 0 saturated carbocycles. The SMILES string of the molecule is CCCCCCCCC#Cc1ccc(CN(Cc2ccc(C(F)(F)F)cc2)C(=O)C(=O)O)cc1. The quantitative estimate of drug-likeness (QED) is 0.246. The topological polar surface area (TPSA) is 57.6 Å². The fraction of sp³-hybridized carbons (Fsp3) is 0.407. The Labute approximate surface area is 198 Å². The number of unbranched alkanes of at least 4 members (excludes halogenated alkanes) is 6. The molecule has 0 aromatic heterocycles. The number of carboxylic acid groups (broad SMARTS) is 1. The van der Waals surface area contributed by atoms with E-state index in [9.17, 15) is 22.8 Å². The standard InChI is InChI=1S/C27H30F3NO3/c1-2-3-4-5-6-7-8-9-10-21-11-13-22(14-12-21)19-31(25(32)26(33)34)20-23-15-17-24(18-16-23)27(28,29)30/h11-18H,2-8,19-20H2,1H3,(H,33,34). The molecule has 1 N–H and O–H groups in total. The number of benzene rings is 2. The molecule has 0 atom stereocenters. The summed E-state index contributed by atoms with van der Waals surface area (Å²) in [7, 11) is 0. The zero-order valence-electron chi connectivity index (χ0n) is 19.3. The van der Waals surface area contributed by atoms with Gasteiger partial charge >= 0.3 is 18.1 Å². The molecule has 2 aromatic rings. The van der Waals surface area contributed by atoms with Crippen LogP contribution in [0.5, 0.6) is 0 Å². The van der Waals surface area contributed by atoms with E-state index in [-0.39, 0.29) is 13.1 Å². The number of hydrogen-bond acceptors (Lipinski definition) is 2. The number of alkyl halides is 3. The van der Waals surface area contributed by atoms with Crippen molar-refractivity contribution in [3.63, 3.8) is 0 Å².